The number of pyridine rings is 1. The molecule has 0 amide bonds. The van der Waals surface area contributed by atoms with E-state index < -0.39 is 11.9 Å². The maximum atomic E-state index is 12.4. The van der Waals surface area contributed by atoms with E-state index in [1.807, 2.05) is 0 Å². The van der Waals surface area contributed by atoms with Gasteiger partial charge in [-0.2, -0.15) is 18.3 Å². The molecule has 0 N–H and O–H groups in total. The smallest absolute Gasteiger partial charge is 0.229 e. The Balaban J connectivity index is 2.77. The zero-order valence-electron chi connectivity index (χ0n) is 7.34. The number of hydrogen-bond acceptors (Lipinski definition) is 1. The van der Waals surface area contributed by atoms with Gasteiger partial charge >= 0.3 is 6.18 Å². The lowest BCUT2D eigenvalue weighted by Gasteiger charge is -2.07. The SMILES string of the molecule is [2H]c1cc2cccc(C(F)(F)F)n2n1. The summed E-state index contributed by atoms with van der Waals surface area (Å²) in [6.07, 6.45) is -4.63. The fourth-order valence-electron chi connectivity index (χ4n) is 1.11. The summed E-state index contributed by atoms with van der Waals surface area (Å²) < 4.78 is 45.1. The van der Waals surface area contributed by atoms with Crippen LogP contribution in [0.2, 0.25) is 0 Å². The lowest BCUT2D eigenvalue weighted by Crippen LogP contribution is -2.11. The normalized spacial score (nSPS) is 13.3. The predicted octanol–water partition coefficient (Wildman–Crippen LogP) is 2.35. The summed E-state index contributed by atoms with van der Waals surface area (Å²) in [7, 11) is 0. The maximum absolute atomic E-state index is 12.4. The molecule has 13 heavy (non-hydrogen) atoms. The van der Waals surface area contributed by atoms with Crippen LogP contribution in [0.1, 0.15) is 7.06 Å². The van der Waals surface area contributed by atoms with Crippen molar-refractivity contribution in [3.63, 3.8) is 0 Å². The minimum absolute atomic E-state index is 0.179. The second-order valence-electron chi connectivity index (χ2n) is 2.52. The number of hydrogen-bond donors (Lipinski definition) is 0. The van der Waals surface area contributed by atoms with E-state index in [0.29, 0.717) is 0 Å². The predicted molar refractivity (Wildman–Crippen MR) is 40.2 cm³/mol. The number of rotatable bonds is 0. The zero-order valence-corrected chi connectivity index (χ0v) is 6.34. The molecular weight excluding hydrogens is 181 g/mol. The molecule has 68 valence electrons. The Bertz CT molecular complexity index is 475. The van der Waals surface area contributed by atoms with Crippen molar-refractivity contribution >= 4 is 5.52 Å². The third-order valence-electron chi connectivity index (χ3n) is 1.65. The summed E-state index contributed by atoms with van der Waals surface area (Å²) in [6, 6.07) is 4.97. The molecule has 0 aliphatic heterocycles. The molecule has 5 heteroatoms. The highest BCUT2D eigenvalue weighted by Gasteiger charge is 2.33. The molecule has 0 aliphatic rings. The quantitative estimate of drug-likeness (QED) is 0.618. The minimum atomic E-state index is -4.45. The van der Waals surface area contributed by atoms with Crippen molar-refractivity contribution < 1.29 is 14.5 Å². The van der Waals surface area contributed by atoms with Gasteiger partial charge in [-0.3, -0.25) is 0 Å². The molecule has 0 atom stereocenters. The number of aromatic nitrogens is 2. The van der Waals surface area contributed by atoms with Crippen LogP contribution in [0, 0.1) is 0 Å². The van der Waals surface area contributed by atoms with Gasteiger partial charge in [-0.25, -0.2) is 4.52 Å². The second-order valence-corrected chi connectivity index (χ2v) is 2.52. The molecule has 0 saturated carbocycles. The number of alkyl halides is 3. The van der Waals surface area contributed by atoms with E-state index in [4.69, 9.17) is 1.37 Å². The summed E-state index contributed by atoms with van der Waals surface area (Å²) >= 11 is 0. The number of nitrogens with zero attached hydrogens (tertiary/aromatic N) is 2. The Morgan fingerprint density at radius 2 is 2.08 bits per heavy atom. The van der Waals surface area contributed by atoms with Crippen molar-refractivity contribution in [3.8, 4) is 0 Å². The fourth-order valence-corrected chi connectivity index (χ4v) is 1.11. The van der Waals surface area contributed by atoms with Crippen molar-refractivity contribution in [2.24, 2.45) is 0 Å². The summed E-state index contributed by atoms with van der Waals surface area (Å²) in [6.45, 7) is 0. The third-order valence-corrected chi connectivity index (χ3v) is 1.65. The lowest BCUT2D eigenvalue weighted by atomic mass is 10.3. The highest BCUT2D eigenvalue weighted by atomic mass is 19.4. The van der Waals surface area contributed by atoms with E-state index in [9.17, 15) is 13.2 Å². The van der Waals surface area contributed by atoms with Crippen LogP contribution in [0.5, 0.6) is 0 Å². The van der Waals surface area contributed by atoms with Crippen molar-refractivity contribution in [1.82, 2.24) is 9.61 Å². The Kier molecular flexibility index (Phi) is 1.32. The monoisotopic (exact) mass is 187 g/mol. The number of fused-ring (bicyclic) bond motifs is 1. The van der Waals surface area contributed by atoms with E-state index >= 15 is 0 Å². The van der Waals surface area contributed by atoms with Crippen molar-refractivity contribution in [2.75, 3.05) is 0 Å². The van der Waals surface area contributed by atoms with Gasteiger partial charge in [0, 0.05) is 6.17 Å². The van der Waals surface area contributed by atoms with Crippen LogP contribution < -0.4 is 0 Å². The molecule has 0 aliphatic carbocycles. The van der Waals surface area contributed by atoms with E-state index in [1.54, 1.807) is 0 Å². The van der Waals surface area contributed by atoms with Crippen molar-refractivity contribution in [1.29, 1.82) is 0 Å². The molecule has 0 aromatic carbocycles. The van der Waals surface area contributed by atoms with Gasteiger partial charge in [-0.1, -0.05) is 6.07 Å². The van der Waals surface area contributed by atoms with Crippen LogP contribution in [0.15, 0.2) is 30.4 Å². The molecule has 2 aromatic heterocycles. The Hall–Kier alpha value is -1.52. The molecule has 0 bridgehead atoms. The van der Waals surface area contributed by atoms with Gasteiger partial charge in [0.05, 0.1) is 6.89 Å². The van der Waals surface area contributed by atoms with Crippen LogP contribution in [0.25, 0.3) is 5.52 Å². The topological polar surface area (TPSA) is 17.3 Å². The van der Waals surface area contributed by atoms with Crippen LogP contribution in [-0.2, 0) is 6.18 Å². The van der Waals surface area contributed by atoms with Crippen LogP contribution in [-0.4, -0.2) is 9.61 Å². The number of halogens is 3. The summed E-state index contributed by atoms with van der Waals surface area (Å²) in [5.41, 5.74) is -0.599. The first kappa shape index (κ1) is 6.94. The molecule has 0 radical (unpaired) electrons. The van der Waals surface area contributed by atoms with Crippen molar-refractivity contribution in [2.45, 2.75) is 6.18 Å². The fraction of sp³-hybridized carbons (Fsp3) is 0.125. The molecule has 2 heterocycles. The standard InChI is InChI=1S/C8H5F3N2/c9-8(10,11)7-3-1-2-6-4-5-12-13(6)7/h1-5H/i5D. The first-order valence-electron chi connectivity index (χ1n) is 4.01. The van der Waals surface area contributed by atoms with E-state index in [-0.39, 0.29) is 11.7 Å². The summed E-state index contributed by atoms with van der Waals surface area (Å²) in [4.78, 5) is 0. The van der Waals surface area contributed by atoms with Gasteiger partial charge in [0.2, 0.25) is 0 Å². The molecule has 2 nitrogen and oxygen atoms in total. The Labute approximate surface area is 73.0 Å². The van der Waals surface area contributed by atoms with Gasteiger partial charge in [0.25, 0.3) is 0 Å². The van der Waals surface area contributed by atoms with Gasteiger partial charge in [0.1, 0.15) is 5.69 Å². The van der Waals surface area contributed by atoms with Crippen LogP contribution >= 0.6 is 0 Å². The first-order valence-corrected chi connectivity index (χ1v) is 3.51. The second kappa shape index (κ2) is 2.48. The third kappa shape index (κ3) is 1.26. The Morgan fingerprint density at radius 3 is 2.77 bits per heavy atom. The highest BCUT2D eigenvalue weighted by molar-refractivity contribution is 5.46. The summed E-state index contributed by atoms with van der Waals surface area (Å²) in [5, 5.41) is 3.44. The van der Waals surface area contributed by atoms with Crippen LogP contribution in [0.4, 0.5) is 13.2 Å². The molecule has 2 aromatic rings. The van der Waals surface area contributed by atoms with Gasteiger partial charge in [-0.15, -0.1) is 0 Å². The average molecular weight is 187 g/mol. The van der Waals surface area contributed by atoms with Crippen molar-refractivity contribution in [3.05, 3.63) is 36.1 Å². The Morgan fingerprint density at radius 1 is 1.31 bits per heavy atom. The first-order chi connectivity index (χ1) is 6.48. The molecule has 0 unspecified atom stereocenters. The molecule has 0 saturated heterocycles. The minimum Gasteiger partial charge on any atom is -0.229 e. The molecule has 0 fully saturated rings. The molecule has 2 rings (SSSR count). The lowest BCUT2D eigenvalue weighted by molar-refractivity contribution is -0.142. The zero-order chi connectivity index (χ0) is 10.3. The van der Waals surface area contributed by atoms with E-state index in [2.05, 4.69) is 5.10 Å². The van der Waals surface area contributed by atoms with E-state index in [0.717, 1.165) is 10.6 Å². The van der Waals surface area contributed by atoms with E-state index in [1.165, 1.54) is 18.2 Å². The highest BCUT2D eigenvalue weighted by Crippen LogP contribution is 2.28. The molecule has 0 spiro atoms. The van der Waals surface area contributed by atoms with Crippen LogP contribution in [0.3, 0.4) is 0 Å². The molecular formula is C8H5F3N2. The average Bonchev–Trinajstić information content (AvgIpc) is 2.41. The van der Waals surface area contributed by atoms with Gasteiger partial charge in [-0.05, 0) is 18.2 Å². The van der Waals surface area contributed by atoms with Gasteiger partial charge < -0.3 is 0 Å². The maximum Gasteiger partial charge on any atom is 0.433 e. The van der Waals surface area contributed by atoms with Gasteiger partial charge in [0.15, 0.2) is 0 Å². The summed E-state index contributed by atoms with van der Waals surface area (Å²) in [5.74, 6) is 0. The largest absolute Gasteiger partial charge is 0.433 e.